The number of nitrogens with zero attached hydrogens (tertiary/aromatic N) is 1. The van der Waals surface area contributed by atoms with Crippen molar-refractivity contribution in [3.63, 3.8) is 0 Å². The van der Waals surface area contributed by atoms with Crippen molar-refractivity contribution >= 4 is 21.4 Å². The van der Waals surface area contributed by atoms with E-state index in [0.29, 0.717) is 0 Å². The highest BCUT2D eigenvalue weighted by atomic mass is 32.2. The van der Waals surface area contributed by atoms with Gasteiger partial charge in [0, 0.05) is 11.4 Å². The SMILES string of the molecule is Cc1ncsc1CNS(=O)(=O)c1ccc(CO)o1. The van der Waals surface area contributed by atoms with E-state index in [1.807, 2.05) is 6.92 Å². The lowest BCUT2D eigenvalue weighted by Crippen LogP contribution is -2.22. The average Bonchev–Trinajstić information content (AvgIpc) is 2.95. The molecule has 0 saturated heterocycles. The number of aromatic nitrogens is 1. The summed E-state index contributed by atoms with van der Waals surface area (Å²) in [5.41, 5.74) is 2.47. The molecule has 0 saturated carbocycles. The van der Waals surface area contributed by atoms with E-state index >= 15 is 0 Å². The van der Waals surface area contributed by atoms with Crippen LogP contribution in [0.25, 0.3) is 0 Å². The average molecular weight is 288 g/mol. The molecule has 0 aliphatic rings. The fourth-order valence-corrected chi connectivity index (χ4v) is 3.06. The van der Waals surface area contributed by atoms with Crippen molar-refractivity contribution in [1.82, 2.24) is 9.71 Å². The van der Waals surface area contributed by atoms with Crippen LogP contribution in [-0.4, -0.2) is 18.5 Å². The van der Waals surface area contributed by atoms with Crippen LogP contribution in [0.4, 0.5) is 0 Å². The largest absolute Gasteiger partial charge is 0.446 e. The lowest BCUT2D eigenvalue weighted by molar-refractivity contribution is 0.236. The molecule has 18 heavy (non-hydrogen) atoms. The van der Waals surface area contributed by atoms with Crippen molar-refractivity contribution in [1.29, 1.82) is 0 Å². The summed E-state index contributed by atoms with van der Waals surface area (Å²) in [5.74, 6) is 0.212. The smallest absolute Gasteiger partial charge is 0.274 e. The summed E-state index contributed by atoms with van der Waals surface area (Å²) in [6, 6.07) is 2.74. The Morgan fingerprint density at radius 3 is 2.83 bits per heavy atom. The first-order valence-electron chi connectivity index (χ1n) is 5.11. The lowest BCUT2D eigenvalue weighted by atomic mass is 10.4. The van der Waals surface area contributed by atoms with Gasteiger partial charge in [-0.25, -0.2) is 18.1 Å². The second kappa shape index (κ2) is 5.19. The maximum atomic E-state index is 11.9. The van der Waals surface area contributed by atoms with Gasteiger partial charge in [0.1, 0.15) is 12.4 Å². The molecule has 2 N–H and O–H groups in total. The molecule has 0 amide bonds. The number of aryl methyl sites for hydroxylation is 1. The predicted molar refractivity (Wildman–Crippen MR) is 65.5 cm³/mol. The minimum Gasteiger partial charge on any atom is -0.446 e. The molecule has 2 aromatic rings. The molecule has 2 heterocycles. The third kappa shape index (κ3) is 2.78. The third-order valence-corrected chi connectivity index (χ3v) is 4.53. The van der Waals surface area contributed by atoms with Crippen molar-refractivity contribution in [3.8, 4) is 0 Å². The summed E-state index contributed by atoms with van der Waals surface area (Å²) < 4.78 is 31.1. The van der Waals surface area contributed by atoms with Crippen LogP contribution in [0.3, 0.4) is 0 Å². The maximum absolute atomic E-state index is 11.9. The summed E-state index contributed by atoms with van der Waals surface area (Å²) in [5, 5.41) is 8.62. The first-order valence-corrected chi connectivity index (χ1v) is 7.47. The number of aliphatic hydroxyl groups is 1. The summed E-state index contributed by atoms with van der Waals surface area (Å²) >= 11 is 1.39. The van der Waals surface area contributed by atoms with Crippen LogP contribution in [0, 0.1) is 6.92 Å². The highest BCUT2D eigenvalue weighted by Crippen LogP contribution is 2.16. The van der Waals surface area contributed by atoms with Crippen LogP contribution >= 0.6 is 11.3 Å². The topological polar surface area (TPSA) is 92.4 Å². The highest BCUT2D eigenvalue weighted by Gasteiger charge is 2.19. The second-order valence-corrected chi connectivity index (χ2v) is 6.20. The molecule has 6 nitrogen and oxygen atoms in total. The van der Waals surface area contributed by atoms with Gasteiger partial charge in [0.25, 0.3) is 10.0 Å². The van der Waals surface area contributed by atoms with Gasteiger partial charge in [-0.15, -0.1) is 11.3 Å². The predicted octanol–water partition coefficient (Wildman–Crippen LogP) is 1.02. The Balaban J connectivity index is 2.10. The molecule has 0 aliphatic carbocycles. The Morgan fingerprint density at radius 1 is 1.50 bits per heavy atom. The Labute approximate surface area is 108 Å². The van der Waals surface area contributed by atoms with Gasteiger partial charge in [0.05, 0.1) is 11.2 Å². The summed E-state index contributed by atoms with van der Waals surface area (Å²) in [6.07, 6.45) is 0. The molecule has 0 aromatic carbocycles. The van der Waals surface area contributed by atoms with E-state index in [1.54, 1.807) is 5.51 Å². The van der Waals surface area contributed by atoms with E-state index < -0.39 is 10.0 Å². The van der Waals surface area contributed by atoms with Crippen LogP contribution in [0.1, 0.15) is 16.3 Å². The molecule has 2 rings (SSSR count). The van der Waals surface area contributed by atoms with Crippen LogP contribution < -0.4 is 4.72 Å². The van der Waals surface area contributed by atoms with E-state index in [9.17, 15) is 8.42 Å². The van der Waals surface area contributed by atoms with Gasteiger partial charge in [-0.05, 0) is 19.1 Å². The van der Waals surface area contributed by atoms with E-state index in [2.05, 4.69) is 9.71 Å². The number of hydrogen-bond donors (Lipinski definition) is 2. The minimum absolute atomic E-state index is 0.175. The molecule has 0 unspecified atom stereocenters. The monoisotopic (exact) mass is 288 g/mol. The standard InChI is InChI=1S/C10H12N2O4S2/c1-7-9(17-6-11-7)4-12-18(14,15)10-3-2-8(5-13)16-10/h2-3,6,12-13H,4-5H2,1H3. The number of nitrogens with one attached hydrogen (secondary N) is 1. The normalized spacial score (nSPS) is 11.9. The van der Waals surface area contributed by atoms with E-state index in [-0.39, 0.29) is 24.0 Å². The summed E-state index contributed by atoms with van der Waals surface area (Å²) in [6.45, 7) is 1.66. The maximum Gasteiger partial charge on any atom is 0.274 e. The zero-order chi connectivity index (χ0) is 13.2. The van der Waals surface area contributed by atoms with E-state index in [0.717, 1.165) is 10.6 Å². The molecule has 8 heteroatoms. The van der Waals surface area contributed by atoms with Gasteiger partial charge in [-0.2, -0.15) is 0 Å². The van der Waals surface area contributed by atoms with Crippen LogP contribution in [0.15, 0.2) is 27.2 Å². The van der Waals surface area contributed by atoms with Crippen molar-refractivity contribution < 1.29 is 17.9 Å². The van der Waals surface area contributed by atoms with E-state index in [4.69, 9.17) is 9.52 Å². The number of furan rings is 1. The van der Waals surface area contributed by atoms with Gasteiger partial charge in [0.15, 0.2) is 0 Å². The fourth-order valence-electron chi connectivity index (χ4n) is 1.32. The first-order chi connectivity index (χ1) is 8.53. The second-order valence-electron chi connectivity index (χ2n) is 3.56. The molecule has 0 radical (unpaired) electrons. The number of aliphatic hydroxyl groups excluding tert-OH is 1. The molecule has 98 valence electrons. The number of thiazole rings is 1. The van der Waals surface area contributed by atoms with Crippen LogP contribution in [0.2, 0.25) is 0 Å². The Morgan fingerprint density at radius 2 is 2.28 bits per heavy atom. The Bertz CT molecular complexity index is 630. The molecule has 0 atom stereocenters. The van der Waals surface area contributed by atoms with Gasteiger partial charge in [0.2, 0.25) is 5.09 Å². The third-order valence-electron chi connectivity index (χ3n) is 2.33. The lowest BCUT2D eigenvalue weighted by Gasteiger charge is -2.02. The van der Waals surface area contributed by atoms with Crippen molar-refractivity contribution in [2.75, 3.05) is 0 Å². The quantitative estimate of drug-likeness (QED) is 0.856. The molecule has 0 fully saturated rings. The number of sulfonamides is 1. The van der Waals surface area contributed by atoms with Crippen LogP contribution in [0.5, 0.6) is 0 Å². The molecular formula is C10H12N2O4S2. The molecular weight excluding hydrogens is 276 g/mol. The summed E-state index contributed by atoms with van der Waals surface area (Å²) in [7, 11) is -3.69. The minimum atomic E-state index is -3.69. The van der Waals surface area contributed by atoms with Gasteiger partial charge < -0.3 is 9.52 Å². The fraction of sp³-hybridized carbons (Fsp3) is 0.300. The molecule has 0 aliphatic heterocycles. The van der Waals surface area contributed by atoms with Crippen molar-refractivity contribution in [2.24, 2.45) is 0 Å². The highest BCUT2D eigenvalue weighted by molar-refractivity contribution is 7.89. The van der Waals surface area contributed by atoms with Gasteiger partial charge >= 0.3 is 0 Å². The van der Waals surface area contributed by atoms with Crippen LogP contribution in [-0.2, 0) is 23.2 Å². The first kappa shape index (κ1) is 13.2. The summed E-state index contributed by atoms with van der Waals surface area (Å²) in [4.78, 5) is 4.89. The molecule has 0 bridgehead atoms. The van der Waals surface area contributed by atoms with Gasteiger partial charge in [-0.1, -0.05) is 0 Å². The van der Waals surface area contributed by atoms with Crippen molar-refractivity contribution in [3.05, 3.63) is 34.0 Å². The Kier molecular flexibility index (Phi) is 3.81. The Hall–Kier alpha value is -1.22. The van der Waals surface area contributed by atoms with Crippen molar-refractivity contribution in [2.45, 2.75) is 25.2 Å². The zero-order valence-electron chi connectivity index (χ0n) is 9.58. The molecule has 2 aromatic heterocycles. The number of rotatable bonds is 5. The van der Waals surface area contributed by atoms with E-state index in [1.165, 1.54) is 23.5 Å². The number of hydrogen-bond acceptors (Lipinski definition) is 6. The molecule has 0 spiro atoms. The van der Waals surface area contributed by atoms with Gasteiger partial charge in [-0.3, -0.25) is 0 Å². The zero-order valence-corrected chi connectivity index (χ0v) is 11.2.